The third kappa shape index (κ3) is 6.26. The zero-order valence-electron chi connectivity index (χ0n) is 18.5. The summed E-state index contributed by atoms with van der Waals surface area (Å²) in [6.45, 7) is 5.35. The molecule has 1 aromatic rings. The molecule has 0 atom stereocenters. The van der Waals surface area contributed by atoms with Crippen molar-refractivity contribution >= 4 is 15.7 Å². The lowest BCUT2D eigenvalue weighted by molar-refractivity contribution is 0.376. The van der Waals surface area contributed by atoms with Crippen LogP contribution >= 0.6 is 0 Å². The van der Waals surface area contributed by atoms with Crippen LogP contribution in [0.2, 0.25) is 0 Å². The summed E-state index contributed by atoms with van der Waals surface area (Å²) in [6.07, 6.45) is 9.67. The average molecular weight is 434 g/mol. The predicted octanol–water partition coefficient (Wildman–Crippen LogP) is 3.23. The highest BCUT2D eigenvalue weighted by atomic mass is 32.2. The van der Waals surface area contributed by atoms with Gasteiger partial charge in [0.1, 0.15) is 0 Å². The van der Waals surface area contributed by atoms with E-state index in [1.54, 1.807) is 33.0 Å². The van der Waals surface area contributed by atoms with Gasteiger partial charge in [-0.3, -0.25) is 4.31 Å². The number of hydrogen-bond acceptors (Lipinski definition) is 6. The molecular weight excluding hydrogens is 398 g/mol. The van der Waals surface area contributed by atoms with Crippen molar-refractivity contribution in [3.8, 4) is 0 Å². The molecule has 0 spiro atoms. The fourth-order valence-corrected chi connectivity index (χ4v) is 4.82. The van der Waals surface area contributed by atoms with Crippen molar-refractivity contribution in [3.05, 3.63) is 53.6 Å². The third-order valence-electron chi connectivity index (χ3n) is 5.34. The fraction of sp³-hybridized carbons (Fsp3) is 0.500. The van der Waals surface area contributed by atoms with E-state index in [0.717, 1.165) is 31.6 Å². The minimum absolute atomic E-state index is 0.196. The van der Waals surface area contributed by atoms with Crippen LogP contribution in [-0.4, -0.2) is 50.6 Å². The summed E-state index contributed by atoms with van der Waals surface area (Å²) in [5.41, 5.74) is 2.35. The minimum Gasteiger partial charge on any atom is -0.390 e. The van der Waals surface area contributed by atoms with Gasteiger partial charge in [0.2, 0.25) is 0 Å². The van der Waals surface area contributed by atoms with E-state index in [4.69, 9.17) is 5.41 Å². The Labute approximate surface area is 181 Å². The van der Waals surface area contributed by atoms with Crippen molar-refractivity contribution in [3.63, 3.8) is 0 Å². The summed E-state index contributed by atoms with van der Waals surface area (Å²) in [5.74, 6) is 0. The van der Waals surface area contributed by atoms with E-state index in [-0.39, 0.29) is 10.6 Å². The van der Waals surface area contributed by atoms with Crippen LogP contribution in [0, 0.1) is 5.41 Å². The number of nitrogens with zero attached hydrogens (tertiary/aromatic N) is 2. The summed E-state index contributed by atoms with van der Waals surface area (Å²) in [7, 11) is -0.508. The molecule has 1 aliphatic heterocycles. The van der Waals surface area contributed by atoms with E-state index in [1.807, 2.05) is 18.3 Å². The van der Waals surface area contributed by atoms with Gasteiger partial charge in [-0.05, 0) is 50.8 Å². The predicted molar refractivity (Wildman–Crippen MR) is 123 cm³/mol. The zero-order valence-corrected chi connectivity index (χ0v) is 19.3. The first-order chi connectivity index (χ1) is 14.3. The average Bonchev–Trinajstić information content (AvgIpc) is 3.24. The quantitative estimate of drug-likeness (QED) is 0.348. The lowest BCUT2D eigenvalue weighted by atomic mass is 10.1. The Morgan fingerprint density at radius 3 is 2.40 bits per heavy atom. The fourth-order valence-electron chi connectivity index (χ4n) is 3.51. The van der Waals surface area contributed by atoms with Gasteiger partial charge in [-0.2, -0.15) is 0 Å². The van der Waals surface area contributed by atoms with Gasteiger partial charge in [0.05, 0.1) is 23.0 Å². The van der Waals surface area contributed by atoms with Crippen molar-refractivity contribution < 1.29 is 8.42 Å². The van der Waals surface area contributed by atoms with Gasteiger partial charge in [0.15, 0.2) is 0 Å². The molecule has 0 bridgehead atoms. The van der Waals surface area contributed by atoms with Crippen LogP contribution < -0.4 is 10.6 Å². The monoisotopic (exact) mass is 433 g/mol. The minimum atomic E-state index is -3.72. The smallest absolute Gasteiger partial charge is 0.264 e. The van der Waals surface area contributed by atoms with Crippen LogP contribution in [0.5, 0.6) is 0 Å². The Hall–Kier alpha value is -2.48. The molecular formula is C22H35N5O2S. The molecule has 8 heteroatoms. The maximum atomic E-state index is 13.0. The highest BCUT2D eigenvalue weighted by Gasteiger charge is 2.25. The van der Waals surface area contributed by atoms with Gasteiger partial charge in [0, 0.05) is 38.7 Å². The molecule has 0 aromatic heterocycles. The normalized spacial score (nSPS) is 14.3. The molecule has 0 aliphatic carbocycles. The van der Waals surface area contributed by atoms with Crippen LogP contribution in [0.1, 0.15) is 45.1 Å². The molecule has 1 aliphatic rings. The molecule has 0 radical (unpaired) electrons. The van der Waals surface area contributed by atoms with Crippen molar-refractivity contribution in [2.75, 3.05) is 27.3 Å². The maximum absolute atomic E-state index is 13.0. The second-order valence-electron chi connectivity index (χ2n) is 7.62. The molecule has 2 rings (SSSR count). The number of unbranched alkanes of at least 4 members (excludes halogenated alkanes) is 3. The highest BCUT2D eigenvalue weighted by Crippen LogP contribution is 2.21. The molecule has 0 saturated carbocycles. The Morgan fingerprint density at radius 1 is 1.17 bits per heavy atom. The number of allylic oxidation sites excluding steroid dienone is 2. The molecule has 1 heterocycles. The molecule has 166 valence electrons. The van der Waals surface area contributed by atoms with Crippen LogP contribution in [0.3, 0.4) is 0 Å². The summed E-state index contributed by atoms with van der Waals surface area (Å²) in [4.78, 5) is 2.51. The number of nitrogens with one attached hydrogen (secondary N) is 3. The van der Waals surface area contributed by atoms with Crippen LogP contribution in [0.4, 0.5) is 0 Å². The lowest BCUT2D eigenvalue weighted by Crippen LogP contribution is -2.32. The van der Waals surface area contributed by atoms with Crippen molar-refractivity contribution in [2.24, 2.45) is 0 Å². The Morgan fingerprint density at radius 2 is 1.83 bits per heavy atom. The van der Waals surface area contributed by atoms with Crippen molar-refractivity contribution in [2.45, 2.75) is 50.8 Å². The largest absolute Gasteiger partial charge is 0.390 e. The Bertz CT molecular complexity index is 875. The highest BCUT2D eigenvalue weighted by molar-refractivity contribution is 7.89. The van der Waals surface area contributed by atoms with Crippen LogP contribution in [0.25, 0.3) is 0 Å². The van der Waals surface area contributed by atoms with Gasteiger partial charge in [-0.25, -0.2) is 8.42 Å². The molecule has 1 aromatic carbocycles. The van der Waals surface area contributed by atoms with Crippen LogP contribution in [0.15, 0.2) is 53.0 Å². The number of rotatable bonds is 12. The van der Waals surface area contributed by atoms with Crippen molar-refractivity contribution in [1.29, 1.82) is 5.41 Å². The Kier molecular flexibility index (Phi) is 8.77. The summed E-state index contributed by atoms with van der Waals surface area (Å²) in [5, 5.41) is 14.1. The van der Waals surface area contributed by atoms with Gasteiger partial charge in [-0.15, -0.1) is 0 Å². The second kappa shape index (κ2) is 11.1. The number of aryl methyl sites for hydroxylation is 1. The Balaban J connectivity index is 1.89. The van der Waals surface area contributed by atoms with E-state index in [1.165, 1.54) is 30.6 Å². The summed E-state index contributed by atoms with van der Waals surface area (Å²) < 4.78 is 27.2. The summed E-state index contributed by atoms with van der Waals surface area (Å²) >= 11 is 0. The van der Waals surface area contributed by atoms with Crippen LogP contribution in [-0.2, 0) is 16.4 Å². The lowest BCUT2D eigenvalue weighted by Gasteiger charge is -2.24. The molecule has 0 amide bonds. The second-order valence-corrected chi connectivity index (χ2v) is 9.59. The number of sulfonamides is 1. The first kappa shape index (κ1) is 23.8. The van der Waals surface area contributed by atoms with Gasteiger partial charge >= 0.3 is 0 Å². The molecule has 30 heavy (non-hydrogen) atoms. The number of hydrogen-bond donors (Lipinski definition) is 3. The first-order valence-corrected chi connectivity index (χ1v) is 11.9. The molecule has 0 unspecified atom stereocenters. The van der Waals surface area contributed by atoms with E-state index in [9.17, 15) is 8.42 Å². The van der Waals surface area contributed by atoms with E-state index in [0.29, 0.717) is 11.4 Å². The topological polar surface area (TPSA) is 88.5 Å². The third-order valence-corrected chi connectivity index (χ3v) is 7.11. The van der Waals surface area contributed by atoms with Gasteiger partial charge in [0.25, 0.3) is 10.0 Å². The van der Waals surface area contributed by atoms with E-state index >= 15 is 0 Å². The van der Waals surface area contributed by atoms with Gasteiger partial charge < -0.3 is 20.9 Å². The zero-order chi connectivity index (χ0) is 22.1. The standard InChI is InChI=1S/C22H35N5O2S/c1-18(23)22(19(2)24-3)26(4)30(28,29)21-12-10-20(11-13-21)9-7-5-6-8-15-27-16-14-25-17-27/h10-14,16,23-25H,5-9,15,17H2,1-4H3/b22-19+,23-18?. The SMILES string of the molecule is CN/C(C)=C(\C(C)=N)N(C)S(=O)(=O)c1ccc(CCCCCCN2C=CNC2)cc1. The first-order valence-electron chi connectivity index (χ1n) is 10.4. The molecule has 0 fully saturated rings. The molecule has 3 N–H and O–H groups in total. The van der Waals surface area contributed by atoms with E-state index < -0.39 is 10.0 Å². The van der Waals surface area contributed by atoms with Gasteiger partial charge in [-0.1, -0.05) is 25.0 Å². The van der Waals surface area contributed by atoms with E-state index in [2.05, 4.69) is 21.7 Å². The molecule has 0 saturated heterocycles. The maximum Gasteiger partial charge on any atom is 0.264 e. The summed E-state index contributed by atoms with van der Waals surface area (Å²) in [6, 6.07) is 7.12. The van der Waals surface area contributed by atoms with Crippen molar-refractivity contribution in [1.82, 2.24) is 19.8 Å². The molecule has 7 nitrogen and oxygen atoms in total. The number of benzene rings is 1.